The lowest BCUT2D eigenvalue weighted by Gasteiger charge is -2.28. The predicted molar refractivity (Wildman–Crippen MR) is 197 cm³/mol. The van der Waals surface area contributed by atoms with E-state index in [1.165, 1.54) is 14.1 Å². The molecule has 5 heterocycles. The Morgan fingerprint density at radius 3 is 2.49 bits per heavy atom. The van der Waals surface area contributed by atoms with Crippen LogP contribution in [0.2, 0.25) is 5.02 Å². The van der Waals surface area contributed by atoms with Gasteiger partial charge in [0.25, 0.3) is 12.0 Å². The molecular weight excluding hydrogens is 706 g/mol. The fraction of sp³-hybridized carbons (Fsp3) is 0.368. The molecule has 274 valence electrons. The number of likely N-dealkylation sites (tertiary alicyclic amines) is 1. The summed E-state index contributed by atoms with van der Waals surface area (Å²) in [5, 5.41) is 6.67. The monoisotopic (exact) mass is 742 g/mol. The number of nitrogens with zero attached hydrogens (tertiary/aromatic N) is 6. The first-order valence-corrected chi connectivity index (χ1v) is 17.8. The summed E-state index contributed by atoms with van der Waals surface area (Å²) in [6.07, 6.45) is 1.12. The lowest BCUT2D eigenvalue weighted by Crippen LogP contribution is -2.44. The maximum atomic E-state index is 13.9. The molecule has 3 aliphatic rings. The highest BCUT2D eigenvalue weighted by Crippen LogP contribution is 2.47. The Labute approximate surface area is 307 Å². The Balaban J connectivity index is 1.15. The molecule has 15 heteroatoms. The number of ether oxygens (including phenoxy) is 1. The minimum Gasteiger partial charge on any atom is -0.481 e. The highest BCUT2D eigenvalue weighted by molar-refractivity contribution is 6.36. The maximum absolute atomic E-state index is 13.9. The minimum absolute atomic E-state index is 0.0998. The molecular formula is C38H37ClF2N8O4. The van der Waals surface area contributed by atoms with Crippen LogP contribution in [0.15, 0.2) is 52.1 Å². The fourth-order valence-corrected chi connectivity index (χ4v) is 8.61. The van der Waals surface area contributed by atoms with Gasteiger partial charge in [-0.05, 0) is 61.4 Å². The summed E-state index contributed by atoms with van der Waals surface area (Å²) in [4.78, 5) is 53.2. The normalized spacial score (nSPS) is 19.8. The Morgan fingerprint density at radius 2 is 1.75 bits per heavy atom. The molecule has 0 bridgehead atoms. The molecule has 53 heavy (non-hydrogen) atoms. The molecule has 1 aliphatic carbocycles. The van der Waals surface area contributed by atoms with Crippen molar-refractivity contribution in [2.75, 3.05) is 25.5 Å². The lowest BCUT2D eigenvalue weighted by molar-refractivity contribution is -0.119. The standard InChI is InChI=1S/C38H37ClF2N8O4/c1-19-21(7-6-10-24(19)42-32-29-34(45-33(44-32)31(40)41)47(2)37(52)48(3)36(29)51)22-8-5-9-23(30(22)39)25-17-20-11-12-26(28(20)35(43-25)53-4)49-16-15-38(18-49)14-13-27(50)46-38/h5-10,17,26,31H,11-16,18H2,1-4H3,(H,46,50)(H,42,44,45). The molecule has 0 saturated carbocycles. The van der Waals surface area contributed by atoms with E-state index in [-0.39, 0.29) is 34.3 Å². The molecule has 0 radical (unpaired) electrons. The van der Waals surface area contributed by atoms with Crippen LogP contribution in [0.3, 0.4) is 0 Å². The summed E-state index contributed by atoms with van der Waals surface area (Å²) in [5.41, 5.74) is 4.53. The Bertz CT molecular complexity index is 2470. The second-order valence-electron chi connectivity index (χ2n) is 14.1. The van der Waals surface area contributed by atoms with Crippen LogP contribution < -0.4 is 26.6 Å². The maximum Gasteiger partial charge on any atom is 0.332 e. The second-order valence-corrected chi connectivity index (χ2v) is 14.5. The van der Waals surface area contributed by atoms with Gasteiger partial charge in [0, 0.05) is 62.0 Å². The van der Waals surface area contributed by atoms with E-state index in [2.05, 4.69) is 31.6 Å². The van der Waals surface area contributed by atoms with Crippen molar-refractivity contribution in [3.63, 3.8) is 0 Å². The van der Waals surface area contributed by atoms with Crippen molar-refractivity contribution in [1.29, 1.82) is 0 Å². The molecule has 1 amide bonds. The molecule has 2 unspecified atom stereocenters. The quantitative estimate of drug-likeness (QED) is 0.214. The van der Waals surface area contributed by atoms with Gasteiger partial charge in [-0.1, -0.05) is 41.9 Å². The number of methoxy groups -OCH3 is 1. The van der Waals surface area contributed by atoms with Crippen molar-refractivity contribution in [2.45, 2.75) is 57.0 Å². The van der Waals surface area contributed by atoms with E-state index in [0.717, 1.165) is 64.6 Å². The van der Waals surface area contributed by atoms with Crippen molar-refractivity contribution < 1.29 is 18.3 Å². The van der Waals surface area contributed by atoms with Crippen LogP contribution in [0.1, 0.15) is 60.7 Å². The van der Waals surface area contributed by atoms with Gasteiger partial charge in [0.15, 0.2) is 11.5 Å². The predicted octanol–water partition coefficient (Wildman–Crippen LogP) is 5.75. The molecule has 5 aromatic rings. The van der Waals surface area contributed by atoms with Crippen molar-refractivity contribution in [3.8, 4) is 28.3 Å². The largest absolute Gasteiger partial charge is 0.481 e. The average Bonchev–Trinajstić information content (AvgIpc) is 3.87. The number of fused-ring (bicyclic) bond motifs is 2. The second kappa shape index (κ2) is 13.0. The number of anilines is 2. The Kier molecular flexibility index (Phi) is 8.56. The van der Waals surface area contributed by atoms with Gasteiger partial charge in [0.05, 0.1) is 23.4 Å². The van der Waals surface area contributed by atoms with E-state index in [1.54, 1.807) is 19.2 Å². The van der Waals surface area contributed by atoms with E-state index in [0.29, 0.717) is 45.4 Å². The van der Waals surface area contributed by atoms with Gasteiger partial charge in [-0.25, -0.2) is 28.5 Å². The van der Waals surface area contributed by atoms with Crippen molar-refractivity contribution >= 4 is 40.0 Å². The third-order valence-electron chi connectivity index (χ3n) is 11.0. The van der Waals surface area contributed by atoms with E-state index >= 15 is 0 Å². The van der Waals surface area contributed by atoms with Gasteiger partial charge >= 0.3 is 5.69 Å². The number of benzene rings is 2. The molecule has 2 aromatic carbocycles. The highest BCUT2D eigenvalue weighted by atomic mass is 35.5. The number of carbonyl (C=O) groups is 1. The van der Waals surface area contributed by atoms with Gasteiger partial charge in [-0.2, -0.15) is 0 Å². The van der Waals surface area contributed by atoms with E-state index < -0.39 is 23.5 Å². The van der Waals surface area contributed by atoms with Crippen molar-refractivity contribution in [2.24, 2.45) is 14.1 Å². The number of halogens is 3. The number of carbonyl (C=O) groups excluding carboxylic acids is 1. The number of alkyl halides is 2. The summed E-state index contributed by atoms with van der Waals surface area (Å²) in [7, 11) is 4.30. The smallest absolute Gasteiger partial charge is 0.332 e. The van der Waals surface area contributed by atoms with Crippen molar-refractivity contribution in [3.05, 3.63) is 90.8 Å². The Morgan fingerprint density at radius 1 is 1.00 bits per heavy atom. The number of pyridine rings is 1. The van der Waals surface area contributed by atoms with Gasteiger partial charge < -0.3 is 15.4 Å². The van der Waals surface area contributed by atoms with Crippen LogP contribution in [0.5, 0.6) is 5.88 Å². The number of aromatic nitrogens is 5. The number of amides is 1. The van der Waals surface area contributed by atoms with E-state index in [1.807, 2.05) is 31.2 Å². The van der Waals surface area contributed by atoms with Gasteiger partial charge in [-0.15, -0.1) is 0 Å². The summed E-state index contributed by atoms with van der Waals surface area (Å²) in [5.74, 6) is -0.275. The molecule has 2 aliphatic heterocycles. The molecule has 12 nitrogen and oxygen atoms in total. The van der Waals surface area contributed by atoms with Crippen LogP contribution in [0, 0.1) is 6.92 Å². The molecule has 8 rings (SSSR count). The number of aryl methyl sites for hydroxylation is 2. The van der Waals surface area contributed by atoms with E-state index in [9.17, 15) is 23.2 Å². The zero-order valence-electron chi connectivity index (χ0n) is 29.6. The minimum atomic E-state index is -3.04. The molecule has 2 N–H and O–H groups in total. The third-order valence-corrected chi connectivity index (χ3v) is 11.5. The highest BCUT2D eigenvalue weighted by Gasteiger charge is 2.46. The fourth-order valence-electron chi connectivity index (χ4n) is 8.28. The van der Waals surface area contributed by atoms with Crippen LogP contribution in [-0.4, -0.2) is 60.6 Å². The van der Waals surface area contributed by atoms with Crippen LogP contribution >= 0.6 is 11.6 Å². The third kappa shape index (κ3) is 5.75. The first kappa shape index (κ1) is 34.9. The summed E-state index contributed by atoms with van der Waals surface area (Å²) < 4.78 is 35.7. The summed E-state index contributed by atoms with van der Waals surface area (Å²) in [6, 6.07) is 13.4. The van der Waals surface area contributed by atoms with Gasteiger partial charge in [0.1, 0.15) is 11.2 Å². The first-order valence-electron chi connectivity index (χ1n) is 17.4. The van der Waals surface area contributed by atoms with Crippen molar-refractivity contribution in [1.82, 2.24) is 34.3 Å². The zero-order valence-corrected chi connectivity index (χ0v) is 30.4. The average molecular weight is 743 g/mol. The SMILES string of the molecule is COc1nc(-c2cccc(-c3cccc(Nc4nc(C(F)F)nc5c4c(=O)n(C)c(=O)n5C)c3C)c2Cl)cc2c1C(N1CCC3(CCC(=O)N3)C1)CC2. The van der Waals surface area contributed by atoms with Crippen LogP contribution in [0.4, 0.5) is 20.3 Å². The van der Waals surface area contributed by atoms with Gasteiger partial charge in [-0.3, -0.25) is 23.6 Å². The molecule has 3 aromatic heterocycles. The Hall–Kier alpha value is -5.21. The number of rotatable bonds is 7. The molecule has 2 atom stereocenters. The van der Waals surface area contributed by atoms with Crippen LogP contribution in [-0.2, 0) is 25.3 Å². The number of hydrogen-bond donors (Lipinski definition) is 2. The molecule has 1 spiro atoms. The number of nitrogens with one attached hydrogen (secondary N) is 2. The lowest BCUT2D eigenvalue weighted by atomic mass is 9.96. The number of hydrogen-bond acceptors (Lipinski definition) is 9. The molecule has 2 fully saturated rings. The summed E-state index contributed by atoms with van der Waals surface area (Å²) in [6.45, 7) is 3.56. The topological polar surface area (TPSA) is 136 Å². The first-order chi connectivity index (χ1) is 25.4. The summed E-state index contributed by atoms with van der Waals surface area (Å²) >= 11 is 7.20. The van der Waals surface area contributed by atoms with E-state index in [4.69, 9.17) is 21.3 Å². The van der Waals surface area contributed by atoms with Gasteiger partial charge in [0.2, 0.25) is 11.8 Å². The molecule has 2 saturated heterocycles. The zero-order chi connectivity index (χ0) is 37.3. The van der Waals surface area contributed by atoms with Crippen LogP contribution in [0.25, 0.3) is 33.4 Å².